The highest BCUT2D eigenvalue weighted by atomic mass is 16.5. The number of benzene rings is 1. The summed E-state index contributed by atoms with van der Waals surface area (Å²) < 4.78 is 4.73. The largest absolute Gasteiger partial charge is 0.469 e. The van der Waals surface area contributed by atoms with E-state index < -0.39 is 12.0 Å². The molecule has 0 aliphatic heterocycles. The molecule has 2 rings (SSSR count). The number of methoxy groups -OCH3 is 1. The molecule has 2 N–H and O–H groups in total. The van der Waals surface area contributed by atoms with Crippen LogP contribution < -0.4 is 10.6 Å². The molecule has 0 spiro atoms. The van der Waals surface area contributed by atoms with Gasteiger partial charge in [0.15, 0.2) is 0 Å². The summed E-state index contributed by atoms with van der Waals surface area (Å²) in [7, 11) is 1.32. The summed E-state index contributed by atoms with van der Waals surface area (Å²) in [6.07, 6.45) is 6.33. The highest BCUT2D eigenvalue weighted by molar-refractivity contribution is 5.85. The van der Waals surface area contributed by atoms with E-state index in [1.54, 1.807) is 0 Å². The van der Waals surface area contributed by atoms with Crippen molar-refractivity contribution < 1.29 is 19.1 Å². The lowest BCUT2D eigenvalue weighted by molar-refractivity contribution is -0.141. The second kappa shape index (κ2) is 10.7. The number of esters is 1. The summed E-state index contributed by atoms with van der Waals surface area (Å²) in [5.41, 5.74) is 1.92. The quantitative estimate of drug-likeness (QED) is 0.685. The van der Waals surface area contributed by atoms with Crippen LogP contribution in [0.3, 0.4) is 0 Å². The molecule has 1 aliphatic rings. The Labute approximate surface area is 161 Å². The Morgan fingerprint density at radius 2 is 1.74 bits per heavy atom. The van der Waals surface area contributed by atoms with Gasteiger partial charge in [0.05, 0.1) is 26.1 Å². The monoisotopic (exact) mass is 374 g/mol. The van der Waals surface area contributed by atoms with Crippen LogP contribution in [-0.4, -0.2) is 31.4 Å². The number of amides is 2. The van der Waals surface area contributed by atoms with E-state index >= 15 is 0 Å². The van der Waals surface area contributed by atoms with Gasteiger partial charge in [0.1, 0.15) is 0 Å². The normalized spacial score (nSPS) is 15.6. The summed E-state index contributed by atoms with van der Waals surface area (Å²) in [5, 5.41) is 5.52. The van der Waals surface area contributed by atoms with E-state index in [1.807, 2.05) is 31.2 Å². The smallest absolute Gasteiger partial charge is 0.307 e. The van der Waals surface area contributed by atoms with Crippen LogP contribution in [0, 0.1) is 12.8 Å². The first-order valence-corrected chi connectivity index (χ1v) is 9.67. The van der Waals surface area contributed by atoms with Crippen molar-refractivity contribution in [2.24, 2.45) is 5.92 Å². The van der Waals surface area contributed by atoms with Crippen LogP contribution in [0.5, 0.6) is 0 Å². The molecule has 0 bridgehead atoms. The van der Waals surface area contributed by atoms with Crippen molar-refractivity contribution >= 4 is 17.8 Å². The van der Waals surface area contributed by atoms with E-state index in [2.05, 4.69) is 10.6 Å². The molecule has 6 heteroatoms. The third-order valence-electron chi connectivity index (χ3n) is 5.06. The van der Waals surface area contributed by atoms with Crippen LogP contribution in [0.4, 0.5) is 0 Å². The average Bonchev–Trinajstić information content (AvgIpc) is 2.67. The highest BCUT2D eigenvalue weighted by Gasteiger charge is 2.20. The second-order valence-electron chi connectivity index (χ2n) is 7.30. The van der Waals surface area contributed by atoms with Crippen molar-refractivity contribution in [1.82, 2.24) is 10.6 Å². The van der Waals surface area contributed by atoms with Gasteiger partial charge in [0.25, 0.3) is 0 Å². The Hall–Kier alpha value is -2.37. The van der Waals surface area contributed by atoms with Crippen LogP contribution in [0.15, 0.2) is 24.3 Å². The number of carbonyl (C=O) groups is 3. The molecule has 1 fully saturated rings. The molecule has 1 unspecified atom stereocenters. The molecule has 1 saturated carbocycles. The van der Waals surface area contributed by atoms with Crippen LogP contribution in [0.25, 0.3) is 0 Å². The minimum absolute atomic E-state index is 0.0430. The third-order valence-corrected chi connectivity index (χ3v) is 5.06. The van der Waals surface area contributed by atoms with Gasteiger partial charge >= 0.3 is 5.97 Å². The molecule has 27 heavy (non-hydrogen) atoms. The fourth-order valence-electron chi connectivity index (χ4n) is 3.45. The SMILES string of the molecule is COC(=O)CC(NC(=O)CNC(=O)CC1CCCCC1)c1ccc(C)cc1. The molecule has 0 heterocycles. The van der Waals surface area contributed by atoms with Gasteiger partial charge in [-0.05, 0) is 31.2 Å². The number of hydrogen-bond acceptors (Lipinski definition) is 4. The lowest BCUT2D eigenvalue weighted by Gasteiger charge is -2.21. The van der Waals surface area contributed by atoms with E-state index in [9.17, 15) is 14.4 Å². The summed E-state index contributed by atoms with van der Waals surface area (Å²) in [6, 6.07) is 7.13. The molecule has 148 valence electrons. The summed E-state index contributed by atoms with van der Waals surface area (Å²) >= 11 is 0. The van der Waals surface area contributed by atoms with Gasteiger partial charge < -0.3 is 15.4 Å². The van der Waals surface area contributed by atoms with E-state index in [-0.39, 0.29) is 24.8 Å². The molecule has 1 aromatic rings. The Balaban J connectivity index is 1.85. The molecule has 2 amide bonds. The van der Waals surface area contributed by atoms with Crippen LogP contribution in [0.1, 0.15) is 62.1 Å². The van der Waals surface area contributed by atoms with Gasteiger partial charge in [-0.3, -0.25) is 14.4 Å². The third kappa shape index (κ3) is 7.41. The van der Waals surface area contributed by atoms with E-state index in [4.69, 9.17) is 4.74 Å². The predicted molar refractivity (Wildman–Crippen MR) is 103 cm³/mol. The van der Waals surface area contributed by atoms with E-state index in [0.29, 0.717) is 12.3 Å². The minimum atomic E-state index is -0.485. The standard InChI is InChI=1S/C21H30N2O4/c1-15-8-10-17(11-9-15)18(13-21(26)27-2)23-20(25)14-22-19(24)12-16-6-4-3-5-7-16/h8-11,16,18H,3-7,12-14H2,1-2H3,(H,22,24)(H,23,25). The molecule has 0 radical (unpaired) electrons. The zero-order chi connectivity index (χ0) is 19.6. The Bertz CT molecular complexity index is 636. The van der Waals surface area contributed by atoms with Gasteiger partial charge in [-0.2, -0.15) is 0 Å². The molecule has 1 aliphatic carbocycles. The van der Waals surface area contributed by atoms with Gasteiger partial charge in [-0.1, -0.05) is 49.1 Å². The summed E-state index contributed by atoms with van der Waals surface area (Å²) in [4.78, 5) is 36.0. The molecular weight excluding hydrogens is 344 g/mol. The van der Waals surface area contributed by atoms with Crippen molar-refractivity contribution in [2.75, 3.05) is 13.7 Å². The highest BCUT2D eigenvalue weighted by Crippen LogP contribution is 2.26. The number of ether oxygens (including phenoxy) is 1. The number of hydrogen-bond donors (Lipinski definition) is 2. The Kier molecular flexibility index (Phi) is 8.30. The maximum atomic E-state index is 12.3. The van der Waals surface area contributed by atoms with Crippen molar-refractivity contribution in [3.8, 4) is 0 Å². The van der Waals surface area contributed by atoms with Gasteiger partial charge in [-0.25, -0.2) is 0 Å². The summed E-state index contributed by atoms with van der Waals surface area (Å²) in [6.45, 7) is 1.88. The lowest BCUT2D eigenvalue weighted by Crippen LogP contribution is -2.39. The first-order chi connectivity index (χ1) is 13.0. The van der Waals surface area contributed by atoms with Crippen LogP contribution in [0.2, 0.25) is 0 Å². The van der Waals surface area contributed by atoms with Gasteiger partial charge in [0.2, 0.25) is 11.8 Å². The molecule has 6 nitrogen and oxygen atoms in total. The van der Waals surface area contributed by atoms with Crippen LogP contribution >= 0.6 is 0 Å². The van der Waals surface area contributed by atoms with Gasteiger partial charge in [0, 0.05) is 6.42 Å². The zero-order valence-corrected chi connectivity index (χ0v) is 16.3. The minimum Gasteiger partial charge on any atom is -0.469 e. The first kappa shape index (κ1) is 20.9. The number of aryl methyl sites for hydroxylation is 1. The molecular formula is C21H30N2O4. The van der Waals surface area contributed by atoms with Crippen molar-refractivity contribution in [1.29, 1.82) is 0 Å². The molecule has 0 saturated heterocycles. The van der Waals surface area contributed by atoms with E-state index in [1.165, 1.54) is 26.4 Å². The lowest BCUT2D eigenvalue weighted by atomic mass is 9.87. The predicted octanol–water partition coefficient (Wildman–Crippen LogP) is 2.80. The first-order valence-electron chi connectivity index (χ1n) is 9.67. The maximum Gasteiger partial charge on any atom is 0.307 e. The second-order valence-corrected chi connectivity index (χ2v) is 7.30. The zero-order valence-electron chi connectivity index (χ0n) is 16.3. The van der Waals surface area contributed by atoms with Crippen LogP contribution in [-0.2, 0) is 19.1 Å². The van der Waals surface area contributed by atoms with Crippen molar-refractivity contribution in [3.05, 3.63) is 35.4 Å². The fourth-order valence-corrected chi connectivity index (χ4v) is 3.45. The topological polar surface area (TPSA) is 84.5 Å². The maximum absolute atomic E-state index is 12.3. The number of rotatable bonds is 8. The van der Waals surface area contributed by atoms with Crippen molar-refractivity contribution in [2.45, 2.75) is 57.9 Å². The Morgan fingerprint density at radius 3 is 2.37 bits per heavy atom. The number of carbonyl (C=O) groups excluding carboxylic acids is 3. The Morgan fingerprint density at radius 1 is 1.07 bits per heavy atom. The molecule has 1 atom stereocenters. The van der Waals surface area contributed by atoms with Crippen molar-refractivity contribution in [3.63, 3.8) is 0 Å². The van der Waals surface area contributed by atoms with Gasteiger partial charge in [-0.15, -0.1) is 0 Å². The molecule has 0 aromatic heterocycles. The summed E-state index contributed by atoms with van der Waals surface area (Å²) in [5.74, 6) is -0.373. The fraction of sp³-hybridized carbons (Fsp3) is 0.571. The average molecular weight is 374 g/mol. The molecule has 1 aromatic carbocycles. The van der Waals surface area contributed by atoms with E-state index in [0.717, 1.165) is 24.0 Å². The number of nitrogens with one attached hydrogen (secondary N) is 2.